The third-order valence-electron chi connectivity index (χ3n) is 4.46. The summed E-state index contributed by atoms with van der Waals surface area (Å²) in [7, 11) is 0. The maximum atomic E-state index is 11.2. The van der Waals surface area contributed by atoms with Crippen LogP contribution in [-0.2, 0) is 14.3 Å². The minimum Gasteiger partial charge on any atom is -1.00 e. The van der Waals surface area contributed by atoms with Crippen molar-refractivity contribution in [1.82, 2.24) is 0 Å². The molecule has 0 saturated heterocycles. The largest absolute Gasteiger partial charge is 1.00 e. The molecule has 0 amide bonds. The fourth-order valence-electron chi connectivity index (χ4n) is 2.82. The Kier molecular flexibility index (Phi) is 25.4. The zero-order chi connectivity index (χ0) is 19.3. The van der Waals surface area contributed by atoms with Gasteiger partial charge in [-0.05, 0) is 32.1 Å². The van der Waals surface area contributed by atoms with Gasteiger partial charge in [-0.1, -0.05) is 76.9 Å². The molecule has 0 saturated carbocycles. The summed E-state index contributed by atoms with van der Waals surface area (Å²) in [6.45, 7) is 2.67. The molecule has 0 aliphatic rings. The zero-order valence-electron chi connectivity index (χ0n) is 18.8. The van der Waals surface area contributed by atoms with Gasteiger partial charge in [0.25, 0.3) is 0 Å². The van der Waals surface area contributed by atoms with Crippen LogP contribution in [0.25, 0.3) is 0 Å². The van der Waals surface area contributed by atoms with Gasteiger partial charge < -0.3 is 11.3 Å². The standard InChI is InChI=1S/C22H40O4.Na.H/c1-2-3-4-5-6-7-8-9-10-11-12-13-14-15-16-17-20-26-22(25)19-18-21(23)24;;/h9-10H,2-8,11-20H2,1H3,(H,23,24);;/q;+1;-1/b10-9-;;. The predicted octanol–water partition coefficient (Wildman–Crippen LogP) is 3.55. The summed E-state index contributed by atoms with van der Waals surface area (Å²) in [6, 6.07) is 0. The Morgan fingerprint density at radius 3 is 1.78 bits per heavy atom. The number of carbonyl (C=O) groups is 2. The molecular weight excluding hydrogens is 351 g/mol. The first-order valence-electron chi connectivity index (χ1n) is 10.7. The van der Waals surface area contributed by atoms with Crippen molar-refractivity contribution < 1.29 is 50.4 Å². The Bertz CT molecular complexity index is 376. The van der Waals surface area contributed by atoms with Gasteiger partial charge in [0.2, 0.25) is 0 Å². The Morgan fingerprint density at radius 1 is 0.778 bits per heavy atom. The zero-order valence-corrected chi connectivity index (χ0v) is 19.8. The summed E-state index contributed by atoms with van der Waals surface area (Å²) in [5, 5.41) is 8.47. The summed E-state index contributed by atoms with van der Waals surface area (Å²) in [6.07, 6.45) is 22.0. The van der Waals surface area contributed by atoms with Crippen LogP contribution in [0.1, 0.15) is 111 Å². The summed E-state index contributed by atoms with van der Waals surface area (Å²) in [4.78, 5) is 21.5. The Balaban J connectivity index is -0.00000312. The SMILES string of the molecule is CCCCCCCC/C=C\CCCCCCCCOC(=O)CCC(=O)O.[H-].[Na+]. The van der Waals surface area contributed by atoms with Gasteiger partial charge in [-0.25, -0.2) is 0 Å². The quantitative estimate of drug-likeness (QED) is 0.158. The van der Waals surface area contributed by atoms with Crippen molar-refractivity contribution in [1.29, 1.82) is 0 Å². The first kappa shape index (κ1) is 28.9. The van der Waals surface area contributed by atoms with Crippen LogP contribution in [0.2, 0.25) is 0 Å². The van der Waals surface area contributed by atoms with Gasteiger partial charge in [0.05, 0.1) is 19.4 Å². The monoisotopic (exact) mass is 392 g/mol. The van der Waals surface area contributed by atoms with Crippen LogP contribution in [0.5, 0.6) is 0 Å². The maximum Gasteiger partial charge on any atom is 1.00 e. The molecule has 0 aromatic carbocycles. The van der Waals surface area contributed by atoms with Crippen LogP contribution >= 0.6 is 0 Å². The van der Waals surface area contributed by atoms with Gasteiger partial charge >= 0.3 is 41.5 Å². The molecule has 0 aromatic heterocycles. The molecule has 0 aliphatic heterocycles. The molecule has 0 bridgehead atoms. The van der Waals surface area contributed by atoms with Crippen LogP contribution in [0.4, 0.5) is 0 Å². The fraction of sp³-hybridized carbons (Fsp3) is 0.818. The molecule has 5 heteroatoms. The van der Waals surface area contributed by atoms with Crippen molar-refractivity contribution in [3.05, 3.63) is 12.2 Å². The molecule has 0 unspecified atom stereocenters. The predicted molar refractivity (Wildman–Crippen MR) is 108 cm³/mol. The van der Waals surface area contributed by atoms with Gasteiger partial charge in [0, 0.05) is 0 Å². The van der Waals surface area contributed by atoms with Crippen LogP contribution in [0.3, 0.4) is 0 Å². The number of allylic oxidation sites excluding steroid dienone is 2. The summed E-state index contributed by atoms with van der Waals surface area (Å²) in [5.41, 5.74) is 0. The molecule has 0 atom stereocenters. The number of hydrogen-bond acceptors (Lipinski definition) is 3. The molecule has 0 fully saturated rings. The number of ether oxygens (including phenoxy) is 1. The number of carboxylic acid groups (broad SMARTS) is 1. The smallest absolute Gasteiger partial charge is 1.00 e. The van der Waals surface area contributed by atoms with E-state index < -0.39 is 11.9 Å². The topological polar surface area (TPSA) is 63.6 Å². The van der Waals surface area contributed by atoms with Gasteiger partial charge in [0.15, 0.2) is 0 Å². The third kappa shape index (κ3) is 25.7. The van der Waals surface area contributed by atoms with Crippen LogP contribution < -0.4 is 29.6 Å². The minimum atomic E-state index is -0.959. The number of carboxylic acids is 1. The van der Waals surface area contributed by atoms with Gasteiger partial charge in [-0.3, -0.25) is 9.59 Å². The third-order valence-corrected chi connectivity index (χ3v) is 4.46. The fourth-order valence-corrected chi connectivity index (χ4v) is 2.82. The average molecular weight is 393 g/mol. The first-order valence-corrected chi connectivity index (χ1v) is 10.7. The number of carbonyl (C=O) groups excluding carboxylic acids is 1. The molecule has 0 aliphatic carbocycles. The maximum absolute atomic E-state index is 11.2. The molecule has 154 valence electrons. The first-order chi connectivity index (χ1) is 12.7. The second-order valence-corrected chi connectivity index (χ2v) is 7.05. The minimum absolute atomic E-state index is 0. The van der Waals surface area contributed by atoms with Crippen molar-refractivity contribution in [3.8, 4) is 0 Å². The van der Waals surface area contributed by atoms with E-state index >= 15 is 0 Å². The molecule has 0 aromatic rings. The van der Waals surface area contributed by atoms with E-state index in [9.17, 15) is 9.59 Å². The molecule has 4 nitrogen and oxygen atoms in total. The molecule has 1 N–H and O–H groups in total. The Labute approximate surface area is 190 Å². The molecule has 0 spiro atoms. The van der Waals surface area contributed by atoms with E-state index in [1.165, 1.54) is 77.0 Å². The number of aliphatic carboxylic acids is 1. The van der Waals surface area contributed by atoms with Gasteiger partial charge in [-0.2, -0.15) is 0 Å². The van der Waals surface area contributed by atoms with Crippen molar-refractivity contribution in [3.63, 3.8) is 0 Å². The molecular formula is C22H41NaO4. The van der Waals surface area contributed by atoms with Crippen LogP contribution in [0.15, 0.2) is 12.2 Å². The molecule has 0 heterocycles. The van der Waals surface area contributed by atoms with Crippen LogP contribution in [-0.4, -0.2) is 23.7 Å². The van der Waals surface area contributed by atoms with Crippen molar-refractivity contribution in [2.45, 2.75) is 110 Å². The normalized spacial score (nSPS) is 10.7. The van der Waals surface area contributed by atoms with Gasteiger partial charge in [-0.15, -0.1) is 0 Å². The van der Waals surface area contributed by atoms with Crippen molar-refractivity contribution in [2.24, 2.45) is 0 Å². The van der Waals surface area contributed by atoms with E-state index in [-0.39, 0.29) is 43.8 Å². The second kappa shape index (κ2) is 23.7. The van der Waals surface area contributed by atoms with Gasteiger partial charge in [0.1, 0.15) is 0 Å². The van der Waals surface area contributed by atoms with E-state index in [1.54, 1.807) is 0 Å². The molecule has 0 radical (unpaired) electrons. The van der Waals surface area contributed by atoms with E-state index in [0.717, 1.165) is 12.8 Å². The number of hydrogen-bond donors (Lipinski definition) is 1. The average Bonchev–Trinajstić information content (AvgIpc) is 2.62. The number of esters is 1. The Morgan fingerprint density at radius 2 is 1.26 bits per heavy atom. The molecule has 27 heavy (non-hydrogen) atoms. The van der Waals surface area contributed by atoms with E-state index in [1.807, 2.05) is 0 Å². The Hall–Kier alpha value is -0.320. The van der Waals surface area contributed by atoms with E-state index in [4.69, 9.17) is 9.84 Å². The number of unbranched alkanes of at least 4 members (excludes halogenated alkanes) is 12. The second-order valence-electron chi connectivity index (χ2n) is 7.05. The van der Waals surface area contributed by atoms with E-state index in [0.29, 0.717) is 6.61 Å². The van der Waals surface area contributed by atoms with Crippen molar-refractivity contribution in [2.75, 3.05) is 6.61 Å². The summed E-state index contributed by atoms with van der Waals surface area (Å²) < 4.78 is 5.00. The number of rotatable bonds is 19. The summed E-state index contributed by atoms with van der Waals surface area (Å²) in [5.74, 6) is -1.36. The summed E-state index contributed by atoms with van der Waals surface area (Å²) >= 11 is 0. The van der Waals surface area contributed by atoms with Crippen molar-refractivity contribution >= 4 is 11.9 Å². The molecule has 0 rings (SSSR count). The van der Waals surface area contributed by atoms with Crippen LogP contribution in [0, 0.1) is 0 Å². The van der Waals surface area contributed by atoms with E-state index in [2.05, 4.69) is 19.1 Å².